The Balaban J connectivity index is 1.61. The lowest BCUT2D eigenvalue weighted by Gasteiger charge is -2.18. The second-order valence-corrected chi connectivity index (χ2v) is 7.22. The van der Waals surface area contributed by atoms with E-state index in [1.54, 1.807) is 12.4 Å². The number of fused-ring (bicyclic) bond motifs is 1. The topological polar surface area (TPSA) is 63.9 Å². The summed E-state index contributed by atoms with van der Waals surface area (Å²) in [5.41, 5.74) is 3.60. The Kier molecular flexibility index (Phi) is 4.18. The van der Waals surface area contributed by atoms with Gasteiger partial charge in [0.1, 0.15) is 5.82 Å². The molecule has 1 saturated heterocycles. The Hall–Kier alpha value is -2.76. The van der Waals surface area contributed by atoms with Gasteiger partial charge in [0.15, 0.2) is 0 Å². The number of imidazole rings is 1. The first-order valence-corrected chi connectivity index (χ1v) is 9.08. The van der Waals surface area contributed by atoms with Gasteiger partial charge in [-0.05, 0) is 45.4 Å². The number of nitrogens with zero attached hydrogens (tertiary/aromatic N) is 5. The average molecular weight is 349 g/mol. The average Bonchev–Trinajstić information content (AvgIpc) is 3.26. The summed E-state index contributed by atoms with van der Waals surface area (Å²) in [5.74, 6) is 1.35. The van der Waals surface area contributed by atoms with Gasteiger partial charge in [0.25, 0.3) is 5.91 Å². The summed E-state index contributed by atoms with van der Waals surface area (Å²) in [6.07, 6.45) is 6.24. The summed E-state index contributed by atoms with van der Waals surface area (Å²) >= 11 is 0. The Bertz CT molecular complexity index is 944. The van der Waals surface area contributed by atoms with Crippen LogP contribution in [0.1, 0.15) is 54.1 Å². The lowest BCUT2D eigenvalue weighted by Crippen LogP contribution is -2.29. The highest BCUT2D eigenvalue weighted by Gasteiger charge is 2.32. The molecule has 1 atom stereocenters. The van der Waals surface area contributed by atoms with Crippen molar-refractivity contribution >= 4 is 16.9 Å². The van der Waals surface area contributed by atoms with Crippen molar-refractivity contribution in [3.63, 3.8) is 0 Å². The van der Waals surface area contributed by atoms with Crippen LogP contribution in [0, 0.1) is 6.92 Å². The number of likely N-dealkylation sites (tertiary alicyclic amines) is 1. The number of aryl methyl sites for hydroxylation is 1. The molecule has 26 heavy (non-hydrogen) atoms. The molecule has 1 amide bonds. The van der Waals surface area contributed by atoms with Gasteiger partial charge in [-0.3, -0.25) is 14.8 Å². The van der Waals surface area contributed by atoms with Crippen molar-refractivity contribution in [1.29, 1.82) is 0 Å². The molecule has 1 unspecified atom stereocenters. The highest BCUT2D eigenvalue weighted by molar-refractivity contribution is 5.94. The smallest absolute Gasteiger partial charge is 0.255 e. The van der Waals surface area contributed by atoms with Gasteiger partial charge >= 0.3 is 0 Å². The van der Waals surface area contributed by atoms with Gasteiger partial charge in [-0.1, -0.05) is 0 Å². The van der Waals surface area contributed by atoms with Crippen LogP contribution in [0.2, 0.25) is 0 Å². The molecule has 134 valence electrons. The van der Waals surface area contributed by atoms with E-state index in [9.17, 15) is 4.79 Å². The Morgan fingerprint density at radius 1 is 1.23 bits per heavy atom. The highest BCUT2D eigenvalue weighted by Crippen LogP contribution is 2.32. The molecule has 0 spiro atoms. The molecule has 3 aromatic heterocycles. The van der Waals surface area contributed by atoms with Crippen molar-refractivity contribution in [2.24, 2.45) is 0 Å². The van der Waals surface area contributed by atoms with Gasteiger partial charge in [0.2, 0.25) is 0 Å². The third kappa shape index (κ3) is 2.85. The number of amides is 1. The molecule has 0 bridgehead atoms. The summed E-state index contributed by atoms with van der Waals surface area (Å²) in [4.78, 5) is 28.1. The van der Waals surface area contributed by atoms with Crippen LogP contribution in [0.4, 0.5) is 0 Å². The van der Waals surface area contributed by atoms with Crippen LogP contribution in [-0.2, 0) is 0 Å². The van der Waals surface area contributed by atoms with Gasteiger partial charge in [0, 0.05) is 43.1 Å². The zero-order chi connectivity index (χ0) is 18.3. The molecule has 0 radical (unpaired) electrons. The predicted octanol–water partition coefficient (Wildman–Crippen LogP) is 3.35. The monoisotopic (exact) mass is 349 g/mol. The predicted molar refractivity (Wildman–Crippen MR) is 100 cm³/mol. The molecule has 0 N–H and O–H groups in total. The minimum atomic E-state index is 0.0499. The molecular weight excluding hydrogens is 326 g/mol. The lowest BCUT2D eigenvalue weighted by molar-refractivity contribution is 0.0790. The number of carbonyl (C=O) groups excluding carboxylic acids is 1. The third-order valence-electron chi connectivity index (χ3n) is 5.03. The van der Waals surface area contributed by atoms with Gasteiger partial charge in [0.05, 0.1) is 22.8 Å². The molecule has 4 heterocycles. The number of carbonyl (C=O) groups is 1. The first-order valence-electron chi connectivity index (χ1n) is 9.08. The Morgan fingerprint density at radius 3 is 2.81 bits per heavy atom. The zero-order valence-corrected chi connectivity index (χ0v) is 15.4. The van der Waals surface area contributed by atoms with E-state index < -0.39 is 0 Å². The van der Waals surface area contributed by atoms with Crippen molar-refractivity contribution < 1.29 is 4.79 Å². The van der Waals surface area contributed by atoms with Crippen LogP contribution >= 0.6 is 0 Å². The van der Waals surface area contributed by atoms with E-state index >= 15 is 0 Å². The maximum Gasteiger partial charge on any atom is 0.255 e. The second kappa shape index (κ2) is 6.52. The fourth-order valence-electron chi connectivity index (χ4n) is 3.72. The number of pyridine rings is 2. The van der Waals surface area contributed by atoms with Crippen molar-refractivity contribution in [1.82, 2.24) is 24.4 Å². The van der Waals surface area contributed by atoms with E-state index in [4.69, 9.17) is 4.98 Å². The fourth-order valence-corrected chi connectivity index (χ4v) is 3.72. The molecule has 6 nitrogen and oxygen atoms in total. The zero-order valence-electron chi connectivity index (χ0n) is 15.4. The molecule has 1 aliphatic heterocycles. The van der Waals surface area contributed by atoms with Crippen LogP contribution in [0.15, 0.2) is 36.8 Å². The maximum absolute atomic E-state index is 12.8. The van der Waals surface area contributed by atoms with Crippen molar-refractivity contribution in [3.05, 3.63) is 53.9 Å². The minimum Gasteiger partial charge on any atom is -0.338 e. The van der Waals surface area contributed by atoms with Gasteiger partial charge in [-0.25, -0.2) is 4.98 Å². The van der Waals surface area contributed by atoms with Gasteiger partial charge in [-0.2, -0.15) is 0 Å². The molecule has 1 aliphatic rings. The normalized spacial score (nSPS) is 17.4. The minimum absolute atomic E-state index is 0.0499. The number of hydrogen-bond acceptors (Lipinski definition) is 4. The standard InChI is InChI=1S/C20H23N5O/c1-13(2)25-18-11-21-8-6-17(18)23-19(25)16-7-9-24(12-16)20(26)15-5-4-14(3)22-10-15/h4-6,8,10-11,13,16H,7,9,12H2,1-3H3. The van der Waals surface area contributed by atoms with Crippen LogP contribution in [0.3, 0.4) is 0 Å². The summed E-state index contributed by atoms with van der Waals surface area (Å²) < 4.78 is 2.26. The van der Waals surface area contributed by atoms with Crippen LogP contribution in [-0.4, -0.2) is 43.4 Å². The van der Waals surface area contributed by atoms with Crippen molar-refractivity contribution in [3.8, 4) is 0 Å². The molecular formula is C20H23N5O. The fraction of sp³-hybridized carbons (Fsp3) is 0.400. The first-order chi connectivity index (χ1) is 12.5. The summed E-state index contributed by atoms with van der Waals surface area (Å²) in [6.45, 7) is 7.68. The molecule has 3 aromatic rings. The van der Waals surface area contributed by atoms with Crippen LogP contribution in [0.25, 0.3) is 11.0 Å². The summed E-state index contributed by atoms with van der Waals surface area (Å²) in [7, 11) is 0. The van der Waals surface area contributed by atoms with E-state index in [2.05, 4.69) is 28.4 Å². The maximum atomic E-state index is 12.8. The number of aromatic nitrogens is 4. The molecule has 1 fully saturated rings. The van der Waals surface area contributed by atoms with Gasteiger partial charge < -0.3 is 9.47 Å². The number of rotatable bonds is 3. The van der Waals surface area contributed by atoms with Crippen LogP contribution in [0.5, 0.6) is 0 Å². The van der Waals surface area contributed by atoms with E-state index in [0.29, 0.717) is 18.2 Å². The van der Waals surface area contributed by atoms with E-state index in [0.717, 1.165) is 35.5 Å². The first kappa shape index (κ1) is 16.7. The van der Waals surface area contributed by atoms with E-state index in [-0.39, 0.29) is 11.8 Å². The molecule has 0 saturated carbocycles. The van der Waals surface area contributed by atoms with Crippen molar-refractivity contribution in [2.75, 3.05) is 13.1 Å². The third-order valence-corrected chi connectivity index (χ3v) is 5.03. The molecule has 0 aromatic carbocycles. The Morgan fingerprint density at radius 2 is 2.08 bits per heavy atom. The Labute approximate surface area is 152 Å². The quantitative estimate of drug-likeness (QED) is 0.727. The molecule has 4 rings (SSSR count). The van der Waals surface area contributed by atoms with E-state index in [1.807, 2.05) is 36.2 Å². The van der Waals surface area contributed by atoms with E-state index in [1.165, 1.54) is 0 Å². The summed E-state index contributed by atoms with van der Waals surface area (Å²) in [5, 5.41) is 0. The molecule has 0 aliphatic carbocycles. The second-order valence-electron chi connectivity index (χ2n) is 7.22. The largest absolute Gasteiger partial charge is 0.338 e. The van der Waals surface area contributed by atoms with Crippen LogP contribution < -0.4 is 0 Å². The number of hydrogen-bond donors (Lipinski definition) is 0. The van der Waals surface area contributed by atoms with Gasteiger partial charge in [-0.15, -0.1) is 0 Å². The molecule has 6 heteroatoms. The van der Waals surface area contributed by atoms with Crippen molar-refractivity contribution in [2.45, 2.75) is 39.2 Å². The lowest BCUT2D eigenvalue weighted by atomic mass is 10.1. The highest BCUT2D eigenvalue weighted by atomic mass is 16.2. The SMILES string of the molecule is Cc1ccc(C(=O)N2CCC(c3nc4ccncc4n3C(C)C)C2)cn1. The summed E-state index contributed by atoms with van der Waals surface area (Å²) in [6, 6.07) is 5.98.